The summed E-state index contributed by atoms with van der Waals surface area (Å²) in [5, 5.41) is 9.04. The van der Waals surface area contributed by atoms with Crippen LogP contribution in [0.2, 0.25) is 0 Å². The zero-order chi connectivity index (χ0) is 11.0. The second-order valence-corrected chi connectivity index (χ2v) is 4.94. The van der Waals surface area contributed by atoms with E-state index >= 15 is 0 Å². The number of hydrogen-bond donors (Lipinski definition) is 1. The van der Waals surface area contributed by atoms with E-state index in [1.165, 1.54) is 11.1 Å². The molecule has 1 aromatic rings. The van der Waals surface area contributed by atoms with Crippen LogP contribution in [0.15, 0.2) is 22.7 Å². The van der Waals surface area contributed by atoms with Crippen molar-refractivity contribution in [2.45, 2.75) is 25.7 Å². The van der Waals surface area contributed by atoms with Gasteiger partial charge in [0.05, 0.1) is 5.92 Å². The topological polar surface area (TPSA) is 37.3 Å². The number of fused-ring (bicyclic) bond motifs is 1. The molecular formula is C12H13BrO2. The summed E-state index contributed by atoms with van der Waals surface area (Å²) in [6, 6.07) is 6.09. The van der Waals surface area contributed by atoms with Crippen molar-refractivity contribution in [3.63, 3.8) is 0 Å². The van der Waals surface area contributed by atoms with Crippen LogP contribution in [-0.4, -0.2) is 11.1 Å². The monoisotopic (exact) mass is 268 g/mol. The Balaban J connectivity index is 2.39. The van der Waals surface area contributed by atoms with E-state index in [9.17, 15) is 4.79 Å². The van der Waals surface area contributed by atoms with Crippen LogP contribution in [-0.2, 0) is 11.2 Å². The Bertz CT molecular complexity index is 401. The van der Waals surface area contributed by atoms with Gasteiger partial charge in [-0.3, -0.25) is 4.79 Å². The molecule has 0 radical (unpaired) electrons. The summed E-state index contributed by atoms with van der Waals surface area (Å²) in [6.07, 6.45) is 1.95. The first-order chi connectivity index (χ1) is 7.11. The molecule has 3 heteroatoms. The smallest absolute Gasteiger partial charge is 0.306 e. The Labute approximate surface area is 97.4 Å². The van der Waals surface area contributed by atoms with Crippen molar-refractivity contribution in [3.05, 3.63) is 33.8 Å². The van der Waals surface area contributed by atoms with E-state index in [2.05, 4.69) is 22.0 Å². The Morgan fingerprint density at radius 1 is 1.60 bits per heavy atom. The number of rotatable bonds is 2. The number of carboxylic acids is 1. The summed E-state index contributed by atoms with van der Waals surface area (Å²) in [6.45, 7) is 1.79. The van der Waals surface area contributed by atoms with E-state index in [1.807, 2.05) is 12.1 Å². The second-order valence-electron chi connectivity index (χ2n) is 4.08. The highest BCUT2D eigenvalue weighted by Gasteiger charge is 2.32. The molecule has 1 aromatic carbocycles. The Morgan fingerprint density at radius 3 is 3.00 bits per heavy atom. The first kappa shape index (κ1) is 10.7. The van der Waals surface area contributed by atoms with Gasteiger partial charge >= 0.3 is 5.97 Å². The summed E-state index contributed by atoms with van der Waals surface area (Å²) >= 11 is 3.51. The molecule has 0 aromatic heterocycles. The standard InChI is InChI=1S/C12H13BrO2/c1-7(12(14)15)9-6-5-8-3-2-4-10(13)11(8)9/h2-4,7,9H,5-6H2,1H3,(H,14,15). The number of aliphatic carboxylic acids is 1. The van der Waals surface area contributed by atoms with Crippen molar-refractivity contribution in [1.82, 2.24) is 0 Å². The highest BCUT2D eigenvalue weighted by Crippen LogP contribution is 2.42. The molecule has 0 saturated carbocycles. The zero-order valence-corrected chi connectivity index (χ0v) is 10.1. The summed E-state index contributed by atoms with van der Waals surface area (Å²) in [4.78, 5) is 11.0. The van der Waals surface area contributed by atoms with Crippen LogP contribution in [0.4, 0.5) is 0 Å². The minimum atomic E-state index is -0.705. The maximum atomic E-state index is 11.0. The minimum absolute atomic E-state index is 0.160. The van der Waals surface area contributed by atoms with E-state index in [-0.39, 0.29) is 11.8 Å². The molecule has 15 heavy (non-hydrogen) atoms. The van der Waals surface area contributed by atoms with Crippen molar-refractivity contribution >= 4 is 21.9 Å². The maximum Gasteiger partial charge on any atom is 0.306 e. The van der Waals surface area contributed by atoms with Crippen molar-refractivity contribution in [2.24, 2.45) is 5.92 Å². The maximum absolute atomic E-state index is 11.0. The van der Waals surface area contributed by atoms with Gasteiger partial charge in [0.15, 0.2) is 0 Å². The molecule has 1 aliphatic rings. The number of carboxylic acid groups (broad SMARTS) is 1. The van der Waals surface area contributed by atoms with Gasteiger partial charge < -0.3 is 5.11 Å². The van der Waals surface area contributed by atoms with Crippen molar-refractivity contribution in [3.8, 4) is 0 Å². The van der Waals surface area contributed by atoms with Gasteiger partial charge in [-0.1, -0.05) is 35.0 Å². The zero-order valence-electron chi connectivity index (χ0n) is 8.53. The highest BCUT2D eigenvalue weighted by molar-refractivity contribution is 9.10. The van der Waals surface area contributed by atoms with E-state index in [0.29, 0.717) is 0 Å². The molecule has 80 valence electrons. The lowest BCUT2D eigenvalue weighted by Crippen LogP contribution is -2.17. The lowest BCUT2D eigenvalue weighted by molar-refractivity contribution is -0.141. The molecule has 1 aliphatic carbocycles. The highest BCUT2D eigenvalue weighted by atomic mass is 79.9. The number of halogens is 1. The predicted octanol–water partition coefficient (Wildman–Crippen LogP) is 3.20. The normalized spacial score (nSPS) is 21.1. The Kier molecular flexibility index (Phi) is 2.83. The van der Waals surface area contributed by atoms with Crippen molar-refractivity contribution in [1.29, 1.82) is 0 Å². The van der Waals surface area contributed by atoms with Crippen LogP contribution >= 0.6 is 15.9 Å². The van der Waals surface area contributed by atoms with Gasteiger partial charge in [0.1, 0.15) is 0 Å². The molecule has 1 N–H and O–H groups in total. The Morgan fingerprint density at radius 2 is 2.33 bits per heavy atom. The molecule has 0 heterocycles. The molecule has 2 atom stereocenters. The van der Waals surface area contributed by atoms with Gasteiger partial charge in [0.2, 0.25) is 0 Å². The minimum Gasteiger partial charge on any atom is -0.481 e. The number of benzene rings is 1. The molecule has 2 unspecified atom stereocenters. The summed E-state index contributed by atoms with van der Waals surface area (Å²) in [5.41, 5.74) is 2.50. The van der Waals surface area contributed by atoms with Gasteiger partial charge in [-0.25, -0.2) is 0 Å². The summed E-state index contributed by atoms with van der Waals surface area (Å²) in [5.74, 6) is -0.846. The molecule has 0 amide bonds. The predicted molar refractivity (Wildman–Crippen MR) is 62.0 cm³/mol. The average Bonchev–Trinajstić information content (AvgIpc) is 2.61. The molecule has 0 bridgehead atoms. The first-order valence-corrected chi connectivity index (χ1v) is 5.90. The lowest BCUT2D eigenvalue weighted by atomic mass is 9.89. The van der Waals surface area contributed by atoms with Gasteiger partial charge in [-0.2, -0.15) is 0 Å². The third-order valence-corrected chi connectivity index (χ3v) is 3.92. The summed E-state index contributed by atoms with van der Waals surface area (Å²) < 4.78 is 1.05. The van der Waals surface area contributed by atoms with E-state index < -0.39 is 5.97 Å². The van der Waals surface area contributed by atoms with Crippen LogP contribution in [0.3, 0.4) is 0 Å². The van der Waals surface area contributed by atoms with Crippen LogP contribution < -0.4 is 0 Å². The first-order valence-electron chi connectivity index (χ1n) is 5.11. The number of hydrogen-bond acceptors (Lipinski definition) is 1. The number of aryl methyl sites for hydroxylation is 1. The fraction of sp³-hybridized carbons (Fsp3) is 0.417. The van der Waals surface area contributed by atoms with Crippen LogP contribution in [0.1, 0.15) is 30.4 Å². The molecule has 0 aliphatic heterocycles. The largest absolute Gasteiger partial charge is 0.481 e. The molecule has 0 spiro atoms. The van der Waals surface area contributed by atoms with Crippen molar-refractivity contribution in [2.75, 3.05) is 0 Å². The van der Waals surface area contributed by atoms with Crippen LogP contribution in [0, 0.1) is 5.92 Å². The van der Waals surface area contributed by atoms with Crippen molar-refractivity contribution < 1.29 is 9.90 Å². The number of carbonyl (C=O) groups is 1. The van der Waals surface area contributed by atoms with Gasteiger partial charge in [-0.15, -0.1) is 0 Å². The fourth-order valence-corrected chi connectivity index (χ4v) is 3.04. The Hall–Kier alpha value is -0.830. The van der Waals surface area contributed by atoms with E-state index in [4.69, 9.17) is 5.11 Å². The van der Waals surface area contributed by atoms with Crippen LogP contribution in [0.5, 0.6) is 0 Å². The molecule has 2 rings (SSSR count). The third kappa shape index (κ3) is 1.81. The molecular weight excluding hydrogens is 256 g/mol. The molecule has 0 saturated heterocycles. The van der Waals surface area contributed by atoms with Gasteiger partial charge in [-0.05, 0) is 36.0 Å². The van der Waals surface area contributed by atoms with Gasteiger partial charge in [0.25, 0.3) is 0 Å². The quantitative estimate of drug-likeness (QED) is 0.895. The molecule has 2 nitrogen and oxygen atoms in total. The molecule has 0 fully saturated rings. The summed E-state index contributed by atoms with van der Waals surface area (Å²) in [7, 11) is 0. The van der Waals surface area contributed by atoms with E-state index in [1.54, 1.807) is 6.92 Å². The van der Waals surface area contributed by atoms with Gasteiger partial charge in [0, 0.05) is 4.47 Å². The van der Waals surface area contributed by atoms with Crippen LogP contribution in [0.25, 0.3) is 0 Å². The van der Waals surface area contributed by atoms with E-state index in [0.717, 1.165) is 17.3 Å². The third-order valence-electron chi connectivity index (χ3n) is 3.23. The average molecular weight is 269 g/mol. The fourth-order valence-electron chi connectivity index (χ4n) is 2.34. The SMILES string of the molecule is CC(C(=O)O)C1CCc2cccc(Br)c21. The lowest BCUT2D eigenvalue weighted by Gasteiger charge is -2.17. The second kappa shape index (κ2) is 3.97.